The van der Waals surface area contributed by atoms with E-state index in [2.05, 4.69) is 21.0 Å². The lowest BCUT2D eigenvalue weighted by Gasteiger charge is -2.25. The van der Waals surface area contributed by atoms with Gasteiger partial charge in [-0.3, -0.25) is 0 Å². The maximum atomic E-state index is 2.27. The molecule has 0 bridgehead atoms. The van der Waals surface area contributed by atoms with Crippen LogP contribution in [0.1, 0.15) is 6.92 Å². The molecule has 0 aliphatic carbocycles. The van der Waals surface area contributed by atoms with Crippen molar-refractivity contribution >= 4 is 10.2 Å². The van der Waals surface area contributed by atoms with Crippen molar-refractivity contribution in [2.24, 2.45) is 0 Å². The Morgan fingerprint density at radius 2 is 1.86 bits per heavy atom. The Balaban J connectivity index is 3.36. The molecule has 0 amide bonds. The van der Waals surface area contributed by atoms with Gasteiger partial charge in [0, 0.05) is 0 Å². The zero-order chi connectivity index (χ0) is 5.91. The predicted molar refractivity (Wildman–Crippen MR) is 37.5 cm³/mol. The zero-order valence-corrected chi connectivity index (χ0v) is 7.86. The summed E-state index contributed by atoms with van der Waals surface area (Å²) in [7, 11) is 5.87. The molecule has 0 aromatic heterocycles. The van der Waals surface area contributed by atoms with Gasteiger partial charge in [-0.1, -0.05) is 0 Å². The van der Waals surface area contributed by atoms with E-state index in [-0.39, 0.29) is 0 Å². The molecule has 7 heavy (non-hydrogen) atoms. The van der Waals surface area contributed by atoms with Crippen molar-refractivity contribution in [3.63, 3.8) is 0 Å². The van der Waals surface area contributed by atoms with Crippen LogP contribution in [0.5, 0.6) is 0 Å². The molecule has 0 aromatic carbocycles. The lowest BCUT2D eigenvalue weighted by molar-refractivity contribution is -0.877. The summed E-state index contributed by atoms with van der Waals surface area (Å²) in [4.78, 5) is 0. The molecular formula is C5H16NSi+. The fourth-order valence-corrected chi connectivity index (χ4v) is 0.671. The average Bonchev–Trinajstić information content (AvgIpc) is 1.68. The Morgan fingerprint density at radius 1 is 1.43 bits per heavy atom. The molecule has 2 heteroatoms. The van der Waals surface area contributed by atoms with Crippen molar-refractivity contribution in [2.75, 3.05) is 26.8 Å². The van der Waals surface area contributed by atoms with Crippen molar-refractivity contribution in [1.29, 1.82) is 0 Å². The SMILES string of the molecule is CC[N+](C)(C)C[SiH3]. The first-order valence-corrected chi connectivity index (χ1v) is 4.36. The summed E-state index contributed by atoms with van der Waals surface area (Å²) < 4.78 is 1.20. The molecule has 0 saturated heterocycles. The van der Waals surface area contributed by atoms with Crippen LogP contribution in [-0.2, 0) is 0 Å². The standard InChI is InChI=1S/C5H16NSi/c1-4-6(2,3)5-7/h4-5H2,1-3,7H3/q+1. The lowest BCUT2D eigenvalue weighted by Crippen LogP contribution is -2.40. The average molecular weight is 118 g/mol. The van der Waals surface area contributed by atoms with Crippen LogP contribution in [0.15, 0.2) is 0 Å². The van der Waals surface area contributed by atoms with E-state index in [1.807, 2.05) is 0 Å². The minimum Gasteiger partial charge on any atom is -0.333 e. The van der Waals surface area contributed by atoms with Crippen molar-refractivity contribution in [1.82, 2.24) is 0 Å². The van der Waals surface area contributed by atoms with Crippen LogP contribution in [0.3, 0.4) is 0 Å². The first-order chi connectivity index (χ1) is 3.12. The molecule has 0 heterocycles. The third-order valence-corrected chi connectivity index (χ3v) is 3.42. The van der Waals surface area contributed by atoms with Gasteiger partial charge in [0.05, 0.1) is 37.1 Å². The van der Waals surface area contributed by atoms with Crippen molar-refractivity contribution in [3.05, 3.63) is 0 Å². The van der Waals surface area contributed by atoms with Gasteiger partial charge in [0.2, 0.25) is 0 Å². The summed E-state index contributed by atoms with van der Waals surface area (Å²) >= 11 is 0. The molecule has 0 aliphatic rings. The molecular weight excluding hydrogens is 102 g/mol. The molecule has 0 aliphatic heterocycles. The van der Waals surface area contributed by atoms with Gasteiger partial charge in [0.25, 0.3) is 0 Å². The van der Waals surface area contributed by atoms with Crippen molar-refractivity contribution in [3.8, 4) is 0 Å². The van der Waals surface area contributed by atoms with Gasteiger partial charge in [0.15, 0.2) is 0 Å². The number of hydrogen-bond donors (Lipinski definition) is 0. The van der Waals surface area contributed by atoms with Gasteiger partial charge in [-0.25, -0.2) is 0 Å². The maximum absolute atomic E-state index is 2.27. The lowest BCUT2D eigenvalue weighted by atomic mass is 10.6. The second-order valence-electron chi connectivity index (χ2n) is 2.57. The minimum atomic E-state index is 1.20. The van der Waals surface area contributed by atoms with Gasteiger partial charge in [-0.15, -0.1) is 0 Å². The monoisotopic (exact) mass is 118 g/mol. The van der Waals surface area contributed by atoms with Gasteiger partial charge < -0.3 is 4.48 Å². The summed E-state index contributed by atoms with van der Waals surface area (Å²) in [5, 5.41) is 0. The Labute approximate surface area is 49.3 Å². The van der Waals surface area contributed by atoms with Crippen LogP contribution in [0.2, 0.25) is 0 Å². The summed E-state index contributed by atoms with van der Waals surface area (Å²) in [5.41, 5.74) is 0. The highest BCUT2D eigenvalue weighted by molar-refractivity contribution is 6.08. The molecule has 0 aromatic rings. The second-order valence-corrected chi connectivity index (χ2v) is 3.20. The number of quaternary nitrogens is 1. The first-order valence-electron chi connectivity index (χ1n) is 2.94. The molecule has 0 unspecified atom stereocenters. The van der Waals surface area contributed by atoms with Crippen LogP contribution >= 0.6 is 0 Å². The number of rotatable bonds is 2. The Hall–Kier alpha value is 0.177. The zero-order valence-electron chi connectivity index (χ0n) is 5.86. The second kappa shape index (κ2) is 2.48. The Bertz CT molecular complexity index is 46.0. The van der Waals surface area contributed by atoms with E-state index in [0.717, 1.165) is 0 Å². The molecule has 0 atom stereocenters. The number of hydrogen-bond acceptors (Lipinski definition) is 0. The van der Waals surface area contributed by atoms with E-state index in [4.69, 9.17) is 0 Å². The maximum Gasteiger partial charge on any atom is 0.0750 e. The fourth-order valence-electron chi connectivity index (χ4n) is 0.224. The molecule has 0 fully saturated rings. The fraction of sp³-hybridized carbons (Fsp3) is 1.00. The molecule has 0 radical (unpaired) electrons. The molecule has 0 N–H and O–H groups in total. The third-order valence-electron chi connectivity index (χ3n) is 1.71. The van der Waals surface area contributed by atoms with Gasteiger partial charge in [-0.05, 0) is 6.92 Å². The van der Waals surface area contributed by atoms with E-state index >= 15 is 0 Å². The van der Waals surface area contributed by atoms with Crippen molar-refractivity contribution in [2.45, 2.75) is 6.92 Å². The largest absolute Gasteiger partial charge is 0.333 e. The molecule has 1 nitrogen and oxygen atoms in total. The molecule has 0 saturated carbocycles. The van der Waals surface area contributed by atoms with Crippen LogP contribution in [0.25, 0.3) is 0 Å². The van der Waals surface area contributed by atoms with Gasteiger partial charge >= 0.3 is 0 Å². The van der Waals surface area contributed by atoms with Gasteiger partial charge in [0.1, 0.15) is 0 Å². The third kappa shape index (κ3) is 2.82. The summed E-state index contributed by atoms with van der Waals surface area (Å²) in [6, 6.07) is 0. The molecule has 0 spiro atoms. The first kappa shape index (κ1) is 7.18. The summed E-state index contributed by atoms with van der Waals surface area (Å²) in [6.45, 7) is 3.50. The van der Waals surface area contributed by atoms with E-state index in [1.165, 1.54) is 27.4 Å². The summed E-state index contributed by atoms with van der Waals surface area (Å²) in [5.74, 6) is 0. The van der Waals surface area contributed by atoms with Crippen LogP contribution in [0, 0.1) is 0 Å². The molecule has 0 rings (SSSR count). The molecule has 44 valence electrons. The Kier molecular flexibility index (Phi) is 2.54. The van der Waals surface area contributed by atoms with E-state index in [0.29, 0.717) is 0 Å². The summed E-state index contributed by atoms with van der Waals surface area (Å²) in [6.07, 6.45) is 1.37. The minimum absolute atomic E-state index is 1.20. The van der Waals surface area contributed by atoms with Gasteiger partial charge in [-0.2, -0.15) is 0 Å². The highest BCUT2D eigenvalue weighted by Crippen LogP contribution is 1.89. The topological polar surface area (TPSA) is 0 Å². The quantitative estimate of drug-likeness (QED) is 0.336. The van der Waals surface area contributed by atoms with Crippen LogP contribution < -0.4 is 0 Å². The highest BCUT2D eigenvalue weighted by Gasteiger charge is 2.04. The predicted octanol–water partition coefficient (Wildman–Crippen LogP) is -0.594. The van der Waals surface area contributed by atoms with Crippen molar-refractivity contribution < 1.29 is 4.48 Å². The Morgan fingerprint density at radius 3 is 1.86 bits per heavy atom. The van der Waals surface area contributed by atoms with E-state index < -0.39 is 0 Å². The van der Waals surface area contributed by atoms with Crippen LogP contribution in [0.4, 0.5) is 0 Å². The van der Waals surface area contributed by atoms with Crippen LogP contribution in [-0.4, -0.2) is 41.5 Å². The van der Waals surface area contributed by atoms with E-state index in [1.54, 1.807) is 0 Å². The highest BCUT2D eigenvalue weighted by atomic mass is 28.1. The normalized spacial score (nSPS) is 12.4. The smallest absolute Gasteiger partial charge is 0.0750 e. The van der Waals surface area contributed by atoms with E-state index in [9.17, 15) is 0 Å². The number of nitrogens with zero attached hydrogens (tertiary/aromatic N) is 1.